The van der Waals surface area contributed by atoms with E-state index in [9.17, 15) is 34.8 Å². The smallest absolute Gasteiger partial charge is 0.255 e. The lowest BCUT2D eigenvalue weighted by Gasteiger charge is -2.50. The van der Waals surface area contributed by atoms with Crippen molar-refractivity contribution in [3.05, 3.63) is 63.9 Å². The Morgan fingerprint density at radius 2 is 1.80 bits per heavy atom. The highest BCUT2D eigenvalue weighted by molar-refractivity contribution is 6.24. The molecular weight excluding hydrogens is 590 g/mol. The average molecular weight is 632 g/mol. The molecule has 0 saturated heterocycles. The number of fused-ring (bicyclic) bond motifs is 3. The molecule has 2 aromatic carbocycles. The number of hydrogen-bond donors (Lipinski definition) is 6. The number of carbonyl (C=O) groups excluding carboxylic acids is 3. The highest BCUT2D eigenvalue weighted by atomic mass is 16.5. The van der Waals surface area contributed by atoms with Crippen LogP contribution in [0.15, 0.2) is 47.2 Å². The Morgan fingerprint density at radius 3 is 2.46 bits per heavy atom. The first-order valence-corrected chi connectivity index (χ1v) is 15.8. The number of Topliss-reactive ketones (excluding diaryl/α,β-unsaturated/α-hetero) is 2. The second-order valence-corrected chi connectivity index (χ2v) is 13.2. The van der Waals surface area contributed by atoms with E-state index in [0.717, 1.165) is 35.3 Å². The van der Waals surface area contributed by atoms with Crippen molar-refractivity contribution in [3.8, 4) is 22.6 Å². The van der Waals surface area contributed by atoms with Gasteiger partial charge in [0.2, 0.25) is 5.78 Å². The lowest BCUT2D eigenvalue weighted by atomic mass is 9.57. The van der Waals surface area contributed by atoms with Gasteiger partial charge in [0.25, 0.3) is 5.91 Å². The molecule has 2 unspecified atom stereocenters. The van der Waals surface area contributed by atoms with Crippen LogP contribution in [0.5, 0.6) is 11.5 Å². The maximum absolute atomic E-state index is 14.1. The number of aromatic hydroxyl groups is 1. The largest absolute Gasteiger partial charge is 0.508 e. The quantitative estimate of drug-likeness (QED) is 0.249. The Balaban J connectivity index is 1.44. The van der Waals surface area contributed by atoms with E-state index in [1.165, 1.54) is 30.2 Å². The summed E-state index contributed by atoms with van der Waals surface area (Å²) in [6.45, 7) is 0.610. The van der Waals surface area contributed by atoms with Crippen LogP contribution in [0.25, 0.3) is 16.9 Å². The molecule has 0 bridgehead atoms. The lowest BCUT2D eigenvalue weighted by Crippen LogP contribution is -2.65. The molecule has 0 aromatic heterocycles. The van der Waals surface area contributed by atoms with Gasteiger partial charge in [-0.25, -0.2) is 0 Å². The zero-order valence-electron chi connectivity index (χ0n) is 26.3. The van der Waals surface area contributed by atoms with Crippen molar-refractivity contribution in [1.29, 1.82) is 0 Å². The number of carbonyl (C=O) groups is 3. The standard InChI is InChI=1S/C35H41N3O8/c1-38(2)29-23-15-18-14-22-21(17-9-12-25(46-3)19(13-17)16-37-20-7-5-4-6-8-20)10-11-24(39)27(22)30(40)26(18)32(42)35(23,45)33(43)28(31(29)41)34(36)44/h9-13,18,20,23,29,37,39-40,43,45H,4-8,14-16H2,1-3H3,(H2,36,44)/t18?,23?,29-,35-/m0/s1. The Labute approximate surface area is 267 Å². The van der Waals surface area contributed by atoms with Crippen molar-refractivity contribution in [3.63, 3.8) is 0 Å². The molecule has 2 aromatic rings. The van der Waals surface area contributed by atoms with Gasteiger partial charge in [-0.3, -0.25) is 19.3 Å². The number of aliphatic hydroxyl groups excluding tert-OH is 2. The molecule has 11 nitrogen and oxygen atoms in total. The Morgan fingerprint density at radius 1 is 1.09 bits per heavy atom. The number of methoxy groups -OCH3 is 1. The number of ketones is 2. The first-order valence-electron chi connectivity index (χ1n) is 15.8. The number of amides is 1. The van der Waals surface area contributed by atoms with Gasteiger partial charge in [-0.2, -0.15) is 0 Å². The number of phenolic OH excluding ortho intramolecular Hbond substituents is 1. The maximum atomic E-state index is 14.1. The van der Waals surface area contributed by atoms with Crippen LogP contribution in [0.2, 0.25) is 0 Å². The summed E-state index contributed by atoms with van der Waals surface area (Å²) in [5, 5.41) is 49.2. The Kier molecular flexibility index (Phi) is 8.20. The molecule has 6 rings (SSSR count). The van der Waals surface area contributed by atoms with Gasteiger partial charge in [-0.05, 0) is 80.6 Å². The van der Waals surface area contributed by atoms with Crippen LogP contribution in [0.4, 0.5) is 0 Å². The van der Waals surface area contributed by atoms with Crippen LogP contribution in [0, 0.1) is 11.8 Å². The van der Waals surface area contributed by atoms with E-state index in [1.807, 2.05) is 18.2 Å². The van der Waals surface area contributed by atoms with Crippen molar-refractivity contribution in [2.75, 3.05) is 21.2 Å². The topological polar surface area (TPSA) is 183 Å². The van der Waals surface area contributed by atoms with E-state index in [0.29, 0.717) is 18.2 Å². The first kappa shape index (κ1) is 31.8. The summed E-state index contributed by atoms with van der Waals surface area (Å²) < 4.78 is 5.66. The molecule has 0 heterocycles. The third kappa shape index (κ3) is 4.88. The Bertz CT molecular complexity index is 1690. The van der Waals surface area contributed by atoms with E-state index in [4.69, 9.17) is 10.5 Å². The van der Waals surface area contributed by atoms with E-state index < -0.39 is 58.0 Å². The normalized spacial score (nSPS) is 26.6. The Hall–Kier alpha value is -4.19. The predicted octanol–water partition coefficient (Wildman–Crippen LogP) is 3.06. The molecule has 0 radical (unpaired) electrons. The third-order valence-electron chi connectivity index (χ3n) is 10.4. The summed E-state index contributed by atoms with van der Waals surface area (Å²) in [4.78, 5) is 41.2. The predicted molar refractivity (Wildman–Crippen MR) is 170 cm³/mol. The molecule has 4 aliphatic carbocycles. The number of nitrogens with zero attached hydrogens (tertiary/aromatic N) is 1. The SMILES string of the molecule is COc1ccc(-c2ccc(O)c3c2CC2CC4[C@H](N(C)C)C(=O)C(C(N)=O)=C(O)[C@@]4(O)C(=O)C2=C3O)cc1CNC1CCCCC1. The minimum absolute atomic E-state index is 0.0278. The summed E-state index contributed by atoms with van der Waals surface area (Å²) in [5.41, 5.74) is 4.95. The summed E-state index contributed by atoms with van der Waals surface area (Å²) in [6, 6.07) is 8.35. The van der Waals surface area contributed by atoms with Crippen molar-refractivity contribution >= 4 is 23.2 Å². The minimum atomic E-state index is -2.67. The van der Waals surface area contributed by atoms with Crippen LogP contribution in [0.1, 0.15) is 55.2 Å². The average Bonchev–Trinajstić information content (AvgIpc) is 3.02. The number of nitrogens with one attached hydrogen (secondary N) is 1. The summed E-state index contributed by atoms with van der Waals surface area (Å²) in [6.07, 6.45) is 6.18. The molecular formula is C35H41N3O8. The summed E-state index contributed by atoms with van der Waals surface area (Å²) in [5.74, 6) is -5.99. The number of hydrogen-bond acceptors (Lipinski definition) is 10. The van der Waals surface area contributed by atoms with Gasteiger partial charge in [0.1, 0.15) is 28.6 Å². The first-order chi connectivity index (χ1) is 21.9. The van der Waals surface area contributed by atoms with Gasteiger partial charge in [-0.1, -0.05) is 31.4 Å². The fourth-order valence-electron chi connectivity index (χ4n) is 8.16. The zero-order chi connectivity index (χ0) is 33.1. The van der Waals surface area contributed by atoms with Crippen LogP contribution < -0.4 is 15.8 Å². The monoisotopic (exact) mass is 631 g/mol. The number of nitrogens with two attached hydrogens (primary N) is 1. The molecule has 0 aliphatic heterocycles. The molecule has 7 N–H and O–H groups in total. The number of aliphatic hydroxyl groups is 3. The van der Waals surface area contributed by atoms with E-state index in [2.05, 4.69) is 5.32 Å². The van der Waals surface area contributed by atoms with E-state index in [1.54, 1.807) is 27.3 Å². The molecule has 244 valence electrons. The fourth-order valence-corrected chi connectivity index (χ4v) is 8.16. The van der Waals surface area contributed by atoms with Crippen LogP contribution in [0.3, 0.4) is 0 Å². The van der Waals surface area contributed by atoms with Gasteiger partial charge in [0.15, 0.2) is 11.4 Å². The minimum Gasteiger partial charge on any atom is -0.508 e. The number of primary amides is 1. The van der Waals surface area contributed by atoms with Crippen molar-refractivity contribution in [2.45, 2.75) is 69.2 Å². The molecule has 4 aliphatic rings. The van der Waals surface area contributed by atoms with Crippen molar-refractivity contribution in [1.82, 2.24) is 10.2 Å². The number of ether oxygens (including phenoxy) is 1. The number of rotatable bonds is 7. The van der Waals surface area contributed by atoms with Gasteiger partial charge in [0, 0.05) is 29.6 Å². The lowest BCUT2D eigenvalue weighted by molar-refractivity contribution is -0.153. The second-order valence-electron chi connectivity index (χ2n) is 13.2. The van der Waals surface area contributed by atoms with Crippen LogP contribution >= 0.6 is 0 Å². The third-order valence-corrected chi connectivity index (χ3v) is 10.4. The highest BCUT2D eigenvalue weighted by Gasteiger charge is 2.64. The molecule has 11 heteroatoms. The fraction of sp³-hybridized carbons (Fsp3) is 0.457. The van der Waals surface area contributed by atoms with Crippen LogP contribution in [-0.4, -0.2) is 81.7 Å². The maximum Gasteiger partial charge on any atom is 0.255 e. The summed E-state index contributed by atoms with van der Waals surface area (Å²) in [7, 11) is 4.78. The zero-order valence-corrected chi connectivity index (χ0v) is 26.3. The second kappa shape index (κ2) is 11.9. The molecule has 0 spiro atoms. The van der Waals surface area contributed by atoms with Crippen molar-refractivity contribution < 1.29 is 39.5 Å². The molecule has 2 saturated carbocycles. The van der Waals surface area contributed by atoms with Gasteiger partial charge in [-0.15, -0.1) is 0 Å². The number of phenols is 1. The van der Waals surface area contributed by atoms with E-state index in [-0.39, 0.29) is 29.7 Å². The van der Waals surface area contributed by atoms with Gasteiger partial charge >= 0.3 is 0 Å². The molecule has 46 heavy (non-hydrogen) atoms. The van der Waals surface area contributed by atoms with Gasteiger partial charge < -0.3 is 36.2 Å². The highest BCUT2D eigenvalue weighted by Crippen LogP contribution is 2.53. The number of likely N-dealkylation sites (N-methyl/N-ethyl adjacent to an activating group) is 1. The number of benzene rings is 2. The molecule has 2 fully saturated rings. The molecule has 1 amide bonds. The summed E-state index contributed by atoms with van der Waals surface area (Å²) >= 11 is 0. The molecule has 4 atom stereocenters. The van der Waals surface area contributed by atoms with E-state index >= 15 is 0 Å². The van der Waals surface area contributed by atoms with Crippen LogP contribution in [-0.2, 0) is 27.3 Å². The van der Waals surface area contributed by atoms with Gasteiger partial charge in [0.05, 0.1) is 18.7 Å². The van der Waals surface area contributed by atoms with Crippen molar-refractivity contribution in [2.24, 2.45) is 17.6 Å².